The fraction of sp³-hybridized carbons (Fsp3) is 1.00. The molecule has 0 bridgehead atoms. The molecular weight excluding hydrogens is 196 g/mol. The maximum absolute atomic E-state index is 12.6. The van der Waals surface area contributed by atoms with Crippen LogP contribution >= 0.6 is 0 Å². The first-order valence-corrected chi connectivity index (χ1v) is 3.48. The van der Waals surface area contributed by atoms with Crippen LogP contribution in [0.1, 0.15) is 6.92 Å². The highest BCUT2D eigenvalue weighted by Crippen LogP contribution is 2.45. The van der Waals surface area contributed by atoms with Gasteiger partial charge in [0, 0.05) is 0 Å². The first-order valence-electron chi connectivity index (χ1n) is 3.48. The minimum Gasteiger partial charge on any atom is -0.384 e. The van der Waals surface area contributed by atoms with Crippen LogP contribution in [0.15, 0.2) is 0 Å². The zero-order valence-corrected chi connectivity index (χ0v) is 6.55. The third-order valence-corrected chi connectivity index (χ3v) is 1.91. The molecular formula is C6H8F4O3. The summed E-state index contributed by atoms with van der Waals surface area (Å²) in [6.45, 7) is 0.969. The second-order valence-electron chi connectivity index (χ2n) is 2.88. The van der Waals surface area contributed by atoms with Gasteiger partial charge in [-0.2, -0.15) is 17.6 Å². The second-order valence-corrected chi connectivity index (χ2v) is 2.88. The highest BCUT2D eigenvalue weighted by molar-refractivity contribution is 4.99. The van der Waals surface area contributed by atoms with Crippen molar-refractivity contribution in [3.8, 4) is 0 Å². The lowest BCUT2D eigenvalue weighted by molar-refractivity contribution is -0.391. The number of halogens is 4. The highest BCUT2D eigenvalue weighted by atomic mass is 19.3. The predicted octanol–water partition coefficient (Wildman–Crippen LogP) is 0.355. The molecule has 1 fully saturated rings. The highest BCUT2D eigenvalue weighted by Gasteiger charge is 2.70. The normalized spacial score (nSPS) is 43.2. The van der Waals surface area contributed by atoms with E-state index in [0.29, 0.717) is 0 Å². The van der Waals surface area contributed by atoms with E-state index in [-0.39, 0.29) is 0 Å². The molecule has 3 atom stereocenters. The van der Waals surface area contributed by atoms with Crippen LogP contribution in [0.5, 0.6) is 0 Å². The van der Waals surface area contributed by atoms with Gasteiger partial charge < -0.3 is 14.9 Å². The second kappa shape index (κ2) is 2.79. The van der Waals surface area contributed by atoms with Gasteiger partial charge in [-0.05, 0) is 6.92 Å². The molecule has 0 radical (unpaired) electrons. The largest absolute Gasteiger partial charge is 0.384 e. The summed E-state index contributed by atoms with van der Waals surface area (Å²) in [6.07, 6.45) is -7.04. The number of hydrogen-bond donors (Lipinski definition) is 2. The van der Waals surface area contributed by atoms with Gasteiger partial charge in [0.05, 0.1) is 6.10 Å². The summed E-state index contributed by atoms with van der Waals surface area (Å²) >= 11 is 0. The van der Waals surface area contributed by atoms with Gasteiger partial charge in [0.2, 0.25) is 6.29 Å². The number of ether oxygens (including phenoxy) is 1. The van der Waals surface area contributed by atoms with Crippen molar-refractivity contribution in [3.63, 3.8) is 0 Å². The third-order valence-electron chi connectivity index (χ3n) is 1.91. The molecule has 1 aliphatic heterocycles. The van der Waals surface area contributed by atoms with Crippen molar-refractivity contribution in [2.24, 2.45) is 0 Å². The van der Waals surface area contributed by atoms with Gasteiger partial charge in [-0.1, -0.05) is 0 Å². The molecule has 13 heavy (non-hydrogen) atoms. The van der Waals surface area contributed by atoms with Crippen molar-refractivity contribution in [1.29, 1.82) is 0 Å². The third kappa shape index (κ3) is 1.31. The van der Waals surface area contributed by atoms with Crippen LogP contribution in [0.25, 0.3) is 0 Å². The van der Waals surface area contributed by atoms with E-state index in [1.54, 1.807) is 0 Å². The Balaban J connectivity index is 3.00. The molecule has 1 heterocycles. The summed E-state index contributed by atoms with van der Waals surface area (Å²) in [4.78, 5) is 0. The average molecular weight is 204 g/mol. The van der Waals surface area contributed by atoms with E-state index < -0.39 is 30.3 Å². The zero-order valence-electron chi connectivity index (χ0n) is 6.55. The van der Waals surface area contributed by atoms with Gasteiger partial charge in [0.15, 0.2) is 0 Å². The molecule has 1 unspecified atom stereocenters. The Labute approximate surface area is 70.9 Å². The Morgan fingerprint density at radius 2 is 1.54 bits per heavy atom. The molecule has 0 aromatic heterocycles. The summed E-state index contributed by atoms with van der Waals surface area (Å²) in [7, 11) is 0. The van der Waals surface area contributed by atoms with E-state index in [0.717, 1.165) is 6.92 Å². The Morgan fingerprint density at radius 1 is 1.08 bits per heavy atom. The van der Waals surface area contributed by atoms with Gasteiger partial charge in [0.25, 0.3) is 0 Å². The summed E-state index contributed by atoms with van der Waals surface area (Å²) in [6, 6.07) is 0. The Hall–Kier alpha value is -0.400. The fourth-order valence-corrected chi connectivity index (χ4v) is 1.02. The maximum atomic E-state index is 12.6. The van der Waals surface area contributed by atoms with E-state index in [1.165, 1.54) is 0 Å². The molecule has 78 valence electrons. The van der Waals surface area contributed by atoms with Crippen LogP contribution in [0, 0.1) is 0 Å². The van der Waals surface area contributed by atoms with Crippen LogP contribution in [0.3, 0.4) is 0 Å². The molecule has 0 amide bonds. The van der Waals surface area contributed by atoms with E-state index in [1.807, 2.05) is 0 Å². The molecule has 0 spiro atoms. The fourth-order valence-electron chi connectivity index (χ4n) is 1.02. The summed E-state index contributed by atoms with van der Waals surface area (Å²) in [5.41, 5.74) is 0. The number of aliphatic hydroxyl groups is 2. The molecule has 2 N–H and O–H groups in total. The van der Waals surface area contributed by atoms with E-state index >= 15 is 0 Å². The molecule has 1 rings (SSSR count). The van der Waals surface area contributed by atoms with Gasteiger partial charge in [-0.25, -0.2) is 0 Å². The molecule has 1 aliphatic rings. The first-order chi connectivity index (χ1) is 5.71. The lowest BCUT2D eigenvalue weighted by atomic mass is 9.98. The van der Waals surface area contributed by atoms with Crippen molar-refractivity contribution >= 4 is 0 Å². The Morgan fingerprint density at radius 3 is 2.00 bits per heavy atom. The number of aliphatic hydroxyl groups excluding tert-OH is 2. The lowest BCUT2D eigenvalue weighted by Crippen LogP contribution is -2.65. The molecule has 1 saturated heterocycles. The smallest absolute Gasteiger partial charge is 0.362 e. The molecule has 0 aromatic carbocycles. The quantitative estimate of drug-likeness (QED) is 0.560. The predicted molar refractivity (Wildman–Crippen MR) is 32.5 cm³/mol. The average Bonchev–Trinajstić information content (AvgIpc) is 2.00. The van der Waals surface area contributed by atoms with Crippen LogP contribution < -0.4 is 0 Å². The van der Waals surface area contributed by atoms with Gasteiger partial charge in [0.1, 0.15) is 6.10 Å². The van der Waals surface area contributed by atoms with Crippen LogP contribution in [0.4, 0.5) is 17.6 Å². The molecule has 3 nitrogen and oxygen atoms in total. The van der Waals surface area contributed by atoms with Gasteiger partial charge >= 0.3 is 11.8 Å². The monoisotopic (exact) mass is 204 g/mol. The van der Waals surface area contributed by atoms with Gasteiger partial charge in [-0.3, -0.25) is 0 Å². The maximum Gasteiger partial charge on any atom is 0.362 e. The summed E-state index contributed by atoms with van der Waals surface area (Å²) in [5.74, 6) is -9.44. The standard InChI is InChI=1S/C6H8F4O3/c1-2-3(11)5(7,8)6(9,10)4(12)13-2/h2-4,11-12H,1H3/t2-,3+,4?/m0/s1. The Bertz CT molecular complexity index is 208. The van der Waals surface area contributed by atoms with Crippen molar-refractivity contribution in [2.45, 2.75) is 37.3 Å². The first kappa shape index (κ1) is 10.7. The number of alkyl halides is 4. The molecule has 0 aromatic rings. The van der Waals surface area contributed by atoms with E-state index in [9.17, 15) is 17.6 Å². The number of rotatable bonds is 0. The summed E-state index contributed by atoms with van der Waals surface area (Å²) in [5, 5.41) is 17.2. The summed E-state index contributed by atoms with van der Waals surface area (Å²) < 4.78 is 54.3. The Kier molecular flexibility index (Phi) is 2.29. The van der Waals surface area contributed by atoms with Crippen molar-refractivity contribution < 1.29 is 32.5 Å². The molecule has 7 heteroatoms. The minimum absolute atomic E-state index is 0.969. The van der Waals surface area contributed by atoms with Crippen molar-refractivity contribution in [1.82, 2.24) is 0 Å². The van der Waals surface area contributed by atoms with Crippen LogP contribution in [-0.2, 0) is 4.74 Å². The topological polar surface area (TPSA) is 49.7 Å². The molecule has 0 aliphatic carbocycles. The molecule has 0 saturated carbocycles. The van der Waals surface area contributed by atoms with Crippen LogP contribution in [-0.4, -0.2) is 40.6 Å². The zero-order chi connectivity index (χ0) is 10.4. The van der Waals surface area contributed by atoms with Gasteiger partial charge in [-0.15, -0.1) is 0 Å². The minimum atomic E-state index is -4.76. The van der Waals surface area contributed by atoms with Crippen molar-refractivity contribution in [2.75, 3.05) is 0 Å². The van der Waals surface area contributed by atoms with E-state index in [4.69, 9.17) is 10.2 Å². The van der Waals surface area contributed by atoms with E-state index in [2.05, 4.69) is 4.74 Å². The van der Waals surface area contributed by atoms with Crippen LogP contribution in [0.2, 0.25) is 0 Å². The number of hydrogen-bond acceptors (Lipinski definition) is 3. The lowest BCUT2D eigenvalue weighted by Gasteiger charge is -2.41. The van der Waals surface area contributed by atoms with Crippen molar-refractivity contribution in [3.05, 3.63) is 0 Å². The SMILES string of the molecule is C[C@@H]1OC(O)C(F)(F)C(F)(F)[C@@H]1O.